The van der Waals surface area contributed by atoms with Crippen LogP contribution in [0.1, 0.15) is 34.6 Å². The normalized spacial score (nSPS) is 12.8. The van der Waals surface area contributed by atoms with Gasteiger partial charge in [-0.1, -0.05) is 0 Å². The molecule has 0 saturated carbocycles. The molecule has 150 valence electrons. The summed E-state index contributed by atoms with van der Waals surface area (Å²) in [5, 5.41) is 8.67. The van der Waals surface area contributed by atoms with Crippen molar-refractivity contribution >= 4 is 46.1 Å². The molecule has 0 spiro atoms. The van der Waals surface area contributed by atoms with Gasteiger partial charge in [0.15, 0.2) is 5.96 Å². The SMILES string of the molecule is CN=C(NCCNC(=O)OC(C)(C)C)NCC(C)(C)NS(C)(=O)=O.I. The number of aliphatic imine (C=N–C) groups is 1. The lowest BCUT2D eigenvalue weighted by Crippen LogP contribution is -2.53. The fourth-order valence-corrected chi connectivity index (χ4v) is 2.80. The van der Waals surface area contributed by atoms with Gasteiger partial charge in [0.1, 0.15) is 5.60 Å². The highest BCUT2D eigenvalue weighted by atomic mass is 127. The van der Waals surface area contributed by atoms with Crippen LogP contribution in [0.3, 0.4) is 0 Å². The van der Waals surface area contributed by atoms with E-state index in [2.05, 4.69) is 25.7 Å². The molecule has 0 aliphatic heterocycles. The lowest BCUT2D eigenvalue weighted by Gasteiger charge is -2.26. The molecule has 4 N–H and O–H groups in total. The molecular weight excluding hydrogens is 461 g/mol. The molecule has 0 atom stereocenters. The number of hydrogen-bond donors (Lipinski definition) is 4. The van der Waals surface area contributed by atoms with Crippen molar-refractivity contribution < 1.29 is 17.9 Å². The molecule has 0 heterocycles. The van der Waals surface area contributed by atoms with E-state index < -0.39 is 27.3 Å². The zero-order chi connectivity index (χ0) is 19.0. The molecule has 1 amide bonds. The van der Waals surface area contributed by atoms with Crippen LogP contribution in [0.5, 0.6) is 0 Å². The van der Waals surface area contributed by atoms with E-state index in [9.17, 15) is 13.2 Å². The molecule has 0 radical (unpaired) electrons. The Hall–Kier alpha value is -0.820. The van der Waals surface area contributed by atoms with Gasteiger partial charge in [-0.15, -0.1) is 24.0 Å². The summed E-state index contributed by atoms with van der Waals surface area (Å²) >= 11 is 0. The van der Waals surface area contributed by atoms with Gasteiger partial charge in [0.25, 0.3) is 0 Å². The predicted octanol–water partition coefficient (Wildman–Crippen LogP) is 0.622. The van der Waals surface area contributed by atoms with Crippen LogP contribution < -0.4 is 20.7 Å². The molecule has 0 aromatic carbocycles. The summed E-state index contributed by atoms with van der Waals surface area (Å²) in [7, 11) is -1.69. The van der Waals surface area contributed by atoms with Crippen molar-refractivity contribution in [2.24, 2.45) is 4.99 Å². The highest BCUT2D eigenvalue weighted by Crippen LogP contribution is 2.06. The van der Waals surface area contributed by atoms with E-state index in [0.29, 0.717) is 25.6 Å². The van der Waals surface area contributed by atoms with Crippen LogP contribution in [0.4, 0.5) is 4.79 Å². The number of nitrogens with zero attached hydrogens (tertiary/aromatic N) is 1. The van der Waals surface area contributed by atoms with E-state index in [0.717, 1.165) is 6.26 Å². The minimum atomic E-state index is -3.29. The van der Waals surface area contributed by atoms with Crippen molar-refractivity contribution in [1.82, 2.24) is 20.7 Å². The zero-order valence-corrected chi connectivity index (χ0v) is 19.2. The van der Waals surface area contributed by atoms with E-state index >= 15 is 0 Å². The molecule has 0 aliphatic carbocycles. The zero-order valence-electron chi connectivity index (χ0n) is 16.0. The highest BCUT2D eigenvalue weighted by molar-refractivity contribution is 14.0. The second-order valence-electron chi connectivity index (χ2n) is 7.04. The van der Waals surface area contributed by atoms with Gasteiger partial charge in [0.2, 0.25) is 10.0 Å². The molecule has 0 aromatic heterocycles. The molecule has 25 heavy (non-hydrogen) atoms. The fourth-order valence-electron chi connectivity index (χ4n) is 1.72. The Morgan fingerprint density at radius 2 is 1.56 bits per heavy atom. The smallest absolute Gasteiger partial charge is 0.407 e. The average Bonchev–Trinajstić information content (AvgIpc) is 2.32. The Morgan fingerprint density at radius 1 is 1.04 bits per heavy atom. The van der Waals surface area contributed by atoms with Crippen molar-refractivity contribution in [2.75, 3.05) is 32.9 Å². The van der Waals surface area contributed by atoms with Crippen molar-refractivity contribution in [1.29, 1.82) is 0 Å². The Kier molecular flexibility index (Phi) is 11.6. The highest BCUT2D eigenvalue weighted by Gasteiger charge is 2.22. The molecule has 0 bridgehead atoms. The largest absolute Gasteiger partial charge is 0.444 e. The van der Waals surface area contributed by atoms with Gasteiger partial charge < -0.3 is 20.7 Å². The number of hydrogen-bond acceptors (Lipinski definition) is 5. The quantitative estimate of drug-likeness (QED) is 0.179. The number of carbonyl (C=O) groups excluding carboxylic acids is 1. The summed E-state index contributed by atoms with van der Waals surface area (Å²) < 4.78 is 30.2. The first-order chi connectivity index (χ1) is 10.7. The van der Waals surface area contributed by atoms with Crippen LogP contribution in [-0.2, 0) is 14.8 Å². The van der Waals surface area contributed by atoms with Crippen molar-refractivity contribution in [3.8, 4) is 0 Å². The minimum absolute atomic E-state index is 0. The second-order valence-corrected chi connectivity index (χ2v) is 8.79. The first-order valence-electron chi connectivity index (χ1n) is 7.64. The Morgan fingerprint density at radius 3 is 2.00 bits per heavy atom. The number of amides is 1. The van der Waals surface area contributed by atoms with Crippen molar-refractivity contribution in [2.45, 2.75) is 45.8 Å². The van der Waals surface area contributed by atoms with Crippen LogP contribution in [-0.4, -0.2) is 64.5 Å². The van der Waals surface area contributed by atoms with Crippen molar-refractivity contribution in [3.63, 3.8) is 0 Å². The topological polar surface area (TPSA) is 121 Å². The lowest BCUT2D eigenvalue weighted by molar-refractivity contribution is 0.0529. The molecular formula is C14H32IN5O4S. The summed E-state index contributed by atoms with van der Waals surface area (Å²) in [5.74, 6) is 0.504. The van der Waals surface area contributed by atoms with Gasteiger partial charge in [0.05, 0.1) is 6.26 Å². The Labute approximate surface area is 168 Å². The maximum atomic E-state index is 11.5. The first-order valence-corrected chi connectivity index (χ1v) is 9.53. The summed E-state index contributed by atoms with van der Waals surface area (Å²) in [5.41, 5.74) is -1.20. The third kappa shape index (κ3) is 16.4. The van der Waals surface area contributed by atoms with Gasteiger partial charge >= 0.3 is 6.09 Å². The number of halogens is 1. The third-order valence-electron chi connectivity index (χ3n) is 2.47. The van der Waals surface area contributed by atoms with Crippen molar-refractivity contribution in [3.05, 3.63) is 0 Å². The maximum absolute atomic E-state index is 11.5. The Balaban J connectivity index is 0. The average molecular weight is 493 g/mol. The summed E-state index contributed by atoms with van der Waals surface area (Å²) in [6.45, 7) is 10.1. The van der Waals surface area contributed by atoms with E-state index in [-0.39, 0.29) is 24.0 Å². The monoisotopic (exact) mass is 493 g/mol. The second kappa shape index (κ2) is 11.0. The molecule has 0 saturated heterocycles. The molecule has 0 fully saturated rings. The number of nitrogens with one attached hydrogen (secondary N) is 4. The van der Waals surface area contributed by atoms with Gasteiger partial charge in [-0.25, -0.2) is 17.9 Å². The van der Waals surface area contributed by atoms with Gasteiger partial charge in [-0.05, 0) is 34.6 Å². The third-order valence-corrected chi connectivity index (χ3v) is 3.39. The standard InChI is InChI=1S/C14H31N5O4S.HI/c1-13(2,3)23-12(20)17-9-8-16-11(15-6)18-10-14(4,5)19-24(7,21)22;/h19H,8-10H2,1-7H3,(H,17,20)(H2,15,16,18);1H. The molecule has 11 heteroatoms. The number of sulfonamides is 1. The van der Waals surface area contributed by atoms with Gasteiger partial charge in [0, 0.05) is 32.2 Å². The lowest BCUT2D eigenvalue weighted by atomic mass is 10.1. The first kappa shape index (κ1) is 26.4. The minimum Gasteiger partial charge on any atom is -0.444 e. The van der Waals surface area contributed by atoms with Crippen LogP contribution in [0, 0.1) is 0 Å². The number of alkyl carbamates (subject to hydrolysis) is 1. The Bertz CT molecular complexity index is 544. The van der Waals surface area contributed by atoms with E-state index in [1.165, 1.54) is 0 Å². The number of guanidine groups is 1. The van der Waals surface area contributed by atoms with Crippen LogP contribution in [0.15, 0.2) is 4.99 Å². The van der Waals surface area contributed by atoms with Crippen LogP contribution >= 0.6 is 24.0 Å². The maximum Gasteiger partial charge on any atom is 0.407 e. The number of carbonyl (C=O) groups is 1. The molecule has 0 unspecified atom stereocenters. The van der Waals surface area contributed by atoms with Gasteiger partial charge in [-0.3, -0.25) is 4.99 Å². The van der Waals surface area contributed by atoms with E-state index in [4.69, 9.17) is 4.74 Å². The van der Waals surface area contributed by atoms with E-state index in [1.807, 2.05) is 0 Å². The molecule has 9 nitrogen and oxygen atoms in total. The fraction of sp³-hybridized carbons (Fsp3) is 0.857. The molecule has 0 rings (SSSR count). The summed E-state index contributed by atoms with van der Waals surface area (Å²) in [6, 6.07) is 0. The van der Waals surface area contributed by atoms with Crippen LogP contribution in [0.2, 0.25) is 0 Å². The number of rotatable bonds is 7. The molecule has 0 aromatic rings. The summed E-state index contributed by atoms with van der Waals surface area (Å²) in [4.78, 5) is 15.5. The van der Waals surface area contributed by atoms with Gasteiger partial charge in [-0.2, -0.15) is 0 Å². The number of ether oxygens (including phenoxy) is 1. The predicted molar refractivity (Wildman–Crippen MR) is 111 cm³/mol. The van der Waals surface area contributed by atoms with E-state index in [1.54, 1.807) is 41.7 Å². The summed E-state index contributed by atoms with van der Waals surface area (Å²) in [6.07, 6.45) is 0.634. The molecule has 0 aliphatic rings. The van der Waals surface area contributed by atoms with Crippen LogP contribution in [0.25, 0.3) is 0 Å².